The molecule has 1 aliphatic heterocycles. The number of hydrogen-bond donors (Lipinski definition) is 2. The van der Waals surface area contributed by atoms with Crippen molar-refractivity contribution in [2.45, 2.75) is 28.9 Å². The van der Waals surface area contributed by atoms with E-state index in [1.54, 1.807) is 30.3 Å². The van der Waals surface area contributed by atoms with E-state index < -0.39 is 16.1 Å². The highest BCUT2D eigenvalue weighted by Gasteiger charge is 2.36. The van der Waals surface area contributed by atoms with E-state index in [2.05, 4.69) is 10.6 Å². The Morgan fingerprint density at radius 1 is 1.06 bits per heavy atom. The van der Waals surface area contributed by atoms with Gasteiger partial charge in [0, 0.05) is 34.5 Å². The Kier molecular flexibility index (Phi) is 6.62. The van der Waals surface area contributed by atoms with E-state index in [1.807, 2.05) is 0 Å². The molecule has 0 spiro atoms. The summed E-state index contributed by atoms with van der Waals surface area (Å²) in [4.78, 5) is 37.9. The average Bonchev–Trinajstić information content (AvgIpc) is 3.29. The largest absolute Gasteiger partial charge is 0.447 e. The summed E-state index contributed by atoms with van der Waals surface area (Å²) in [7, 11) is 0. The van der Waals surface area contributed by atoms with Crippen molar-refractivity contribution >= 4 is 58.1 Å². The monoisotopic (exact) mass is 496 g/mol. The molecule has 4 rings (SSSR count). The van der Waals surface area contributed by atoms with Crippen molar-refractivity contribution in [1.29, 1.82) is 0 Å². The zero-order valence-electron chi connectivity index (χ0n) is 16.7. The van der Waals surface area contributed by atoms with Crippen LogP contribution in [0.1, 0.15) is 44.7 Å². The maximum Gasteiger partial charge on any atom is 0.408 e. The number of alkyl halides is 3. The van der Waals surface area contributed by atoms with Crippen molar-refractivity contribution in [2.24, 2.45) is 0 Å². The molecule has 2 aromatic carbocycles. The Bertz CT molecular complexity index is 1060. The molecular weight excluding hydrogens is 479 g/mol. The molecule has 32 heavy (non-hydrogen) atoms. The Balaban J connectivity index is 1.50. The third kappa shape index (κ3) is 4.86. The Morgan fingerprint density at radius 2 is 1.72 bits per heavy atom. The van der Waals surface area contributed by atoms with Crippen molar-refractivity contribution < 1.29 is 23.9 Å². The van der Waals surface area contributed by atoms with Crippen molar-refractivity contribution in [3.05, 3.63) is 64.7 Å². The average molecular weight is 498 g/mol. The number of ketones is 2. The Hall–Kier alpha value is -2.32. The number of alkyl carbamates (subject to hydrolysis) is 1. The molecule has 2 atom stereocenters. The van der Waals surface area contributed by atoms with Gasteiger partial charge in [-0.3, -0.25) is 14.9 Å². The van der Waals surface area contributed by atoms with Gasteiger partial charge < -0.3 is 14.8 Å². The van der Waals surface area contributed by atoms with E-state index in [-0.39, 0.29) is 35.4 Å². The van der Waals surface area contributed by atoms with Crippen LogP contribution in [0.5, 0.6) is 0 Å². The molecule has 0 bridgehead atoms. The summed E-state index contributed by atoms with van der Waals surface area (Å²) in [5, 5.41) is 5.35. The van der Waals surface area contributed by atoms with E-state index in [4.69, 9.17) is 44.3 Å². The highest BCUT2D eigenvalue weighted by Crippen LogP contribution is 2.33. The predicted octanol–water partition coefficient (Wildman–Crippen LogP) is 4.48. The van der Waals surface area contributed by atoms with Gasteiger partial charge in [0.15, 0.2) is 11.6 Å². The number of carbonyl (C=O) groups excluding carboxylic acids is 3. The van der Waals surface area contributed by atoms with E-state index in [0.29, 0.717) is 23.4 Å². The standard InChI is InChI=1S/C22H19Cl3N2O5/c23-22(24,25)20(27-21(30)32-11-13-4-3-9-31-13)26-12-7-8-16-17(10-12)19(29)15-6-2-1-5-14(15)18(16)28/h1-2,5-8,10,13,20,26H,3-4,9,11H2,(H,27,30). The summed E-state index contributed by atoms with van der Waals surface area (Å²) < 4.78 is 8.63. The normalized spacial score (nSPS) is 18.5. The van der Waals surface area contributed by atoms with Crippen LogP contribution in [0.2, 0.25) is 0 Å². The van der Waals surface area contributed by atoms with E-state index in [0.717, 1.165) is 12.8 Å². The minimum absolute atomic E-state index is 0.0906. The van der Waals surface area contributed by atoms with Crippen molar-refractivity contribution in [2.75, 3.05) is 18.5 Å². The number of nitrogens with one attached hydrogen (secondary N) is 2. The highest BCUT2D eigenvalue weighted by molar-refractivity contribution is 6.68. The SMILES string of the molecule is O=C(NC(Nc1ccc2c(c1)C(=O)c1ccccc1C2=O)C(Cl)(Cl)Cl)OCC1CCCO1. The topological polar surface area (TPSA) is 93.7 Å². The summed E-state index contributed by atoms with van der Waals surface area (Å²) in [6, 6.07) is 11.2. The number of carbonyl (C=O) groups is 3. The zero-order valence-corrected chi connectivity index (χ0v) is 19.0. The molecular formula is C22H19Cl3N2O5. The van der Waals surface area contributed by atoms with Gasteiger partial charge in [-0.05, 0) is 31.0 Å². The fourth-order valence-electron chi connectivity index (χ4n) is 3.66. The fourth-order valence-corrected chi connectivity index (χ4v) is 3.99. The first-order valence-electron chi connectivity index (χ1n) is 9.94. The molecule has 7 nitrogen and oxygen atoms in total. The number of anilines is 1. The number of fused-ring (bicyclic) bond motifs is 2. The van der Waals surface area contributed by atoms with Crippen molar-refractivity contribution in [3.8, 4) is 0 Å². The molecule has 2 N–H and O–H groups in total. The van der Waals surface area contributed by atoms with Crippen LogP contribution in [-0.4, -0.2) is 46.9 Å². The van der Waals surface area contributed by atoms with Crippen molar-refractivity contribution in [3.63, 3.8) is 0 Å². The van der Waals surface area contributed by atoms with Gasteiger partial charge in [-0.2, -0.15) is 0 Å². The van der Waals surface area contributed by atoms with Gasteiger partial charge >= 0.3 is 6.09 Å². The van der Waals surface area contributed by atoms with Crippen LogP contribution in [0.15, 0.2) is 42.5 Å². The lowest BCUT2D eigenvalue weighted by Crippen LogP contribution is -2.49. The zero-order chi connectivity index (χ0) is 22.9. The molecule has 1 heterocycles. The Labute approximate surface area is 199 Å². The second-order valence-electron chi connectivity index (χ2n) is 7.46. The summed E-state index contributed by atoms with van der Waals surface area (Å²) >= 11 is 18.1. The lowest BCUT2D eigenvalue weighted by Gasteiger charge is -2.28. The molecule has 0 radical (unpaired) electrons. The predicted molar refractivity (Wildman–Crippen MR) is 121 cm³/mol. The van der Waals surface area contributed by atoms with Gasteiger partial charge in [-0.15, -0.1) is 0 Å². The van der Waals surface area contributed by atoms with E-state index in [1.165, 1.54) is 12.1 Å². The molecule has 168 valence electrons. The molecule has 2 aliphatic rings. The number of rotatable bonds is 5. The Morgan fingerprint density at radius 3 is 2.34 bits per heavy atom. The highest BCUT2D eigenvalue weighted by atomic mass is 35.6. The van der Waals surface area contributed by atoms with E-state index >= 15 is 0 Å². The fraction of sp³-hybridized carbons (Fsp3) is 0.318. The first-order valence-corrected chi connectivity index (χ1v) is 11.1. The van der Waals surface area contributed by atoms with Gasteiger partial charge in [0.1, 0.15) is 12.8 Å². The number of halogens is 3. The molecule has 10 heteroatoms. The molecule has 0 aromatic heterocycles. The maximum absolute atomic E-state index is 12.9. The second kappa shape index (κ2) is 9.27. The lowest BCUT2D eigenvalue weighted by atomic mass is 9.84. The van der Waals surface area contributed by atoms with Crippen LogP contribution in [0.3, 0.4) is 0 Å². The first-order chi connectivity index (χ1) is 15.2. The van der Waals surface area contributed by atoms with Crippen LogP contribution < -0.4 is 10.6 Å². The van der Waals surface area contributed by atoms with Gasteiger partial charge in [-0.1, -0.05) is 59.1 Å². The van der Waals surface area contributed by atoms with E-state index in [9.17, 15) is 14.4 Å². The first kappa shape index (κ1) is 22.9. The molecule has 1 fully saturated rings. The third-order valence-electron chi connectivity index (χ3n) is 5.25. The molecule has 1 amide bonds. The van der Waals surface area contributed by atoms with Gasteiger partial charge in [0.05, 0.1) is 6.10 Å². The number of ether oxygens (including phenoxy) is 2. The smallest absolute Gasteiger partial charge is 0.408 e. The lowest BCUT2D eigenvalue weighted by molar-refractivity contribution is 0.0432. The third-order valence-corrected chi connectivity index (χ3v) is 5.90. The van der Waals surface area contributed by atoms with Crippen molar-refractivity contribution in [1.82, 2.24) is 5.32 Å². The van der Waals surface area contributed by atoms with Crippen LogP contribution in [-0.2, 0) is 9.47 Å². The summed E-state index contributed by atoms with van der Waals surface area (Å²) in [6.07, 6.45) is -0.388. The summed E-state index contributed by atoms with van der Waals surface area (Å²) in [6.45, 7) is 0.727. The number of hydrogen-bond acceptors (Lipinski definition) is 6. The van der Waals surface area contributed by atoms with Crippen LogP contribution >= 0.6 is 34.8 Å². The van der Waals surface area contributed by atoms with Crippen LogP contribution in [0.25, 0.3) is 0 Å². The van der Waals surface area contributed by atoms with Gasteiger partial charge in [-0.25, -0.2) is 4.79 Å². The maximum atomic E-state index is 12.9. The molecule has 1 saturated heterocycles. The van der Waals surface area contributed by atoms with Crippen LogP contribution in [0, 0.1) is 0 Å². The second-order valence-corrected chi connectivity index (χ2v) is 9.83. The minimum Gasteiger partial charge on any atom is -0.447 e. The minimum atomic E-state index is -1.94. The van der Waals surface area contributed by atoms with Gasteiger partial charge in [0.2, 0.25) is 3.79 Å². The summed E-state index contributed by atoms with van der Waals surface area (Å²) in [5.41, 5.74) is 1.58. The van der Waals surface area contributed by atoms with Crippen LogP contribution in [0.4, 0.5) is 10.5 Å². The molecule has 2 unspecified atom stereocenters. The quantitative estimate of drug-likeness (QED) is 0.399. The molecule has 0 saturated carbocycles. The number of amides is 1. The molecule has 1 aliphatic carbocycles. The number of benzene rings is 2. The van der Waals surface area contributed by atoms with Gasteiger partial charge in [0.25, 0.3) is 0 Å². The molecule has 2 aromatic rings. The summed E-state index contributed by atoms with van der Waals surface area (Å²) in [5.74, 6) is -0.524.